The molecular formula is C23H30N4O4. The maximum Gasteiger partial charge on any atom is 0.261 e. The average molecular weight is 427 g/mol. The van der Waals surface area contributed by atoms with Crippen molar-refractivity contribution in [3.63, 3.8) is 0 Å². The fraction of sp³-hybridized carbons (Fsp3) is 0.565. The Balaban J connectivity index is 1.19. The molecule has 1 aromatic rings. The Kier molecular flexibility index (Phi) is 6.36. The highest BCUT2D eigenvalue weighted by atomic mass is 16.2. The largest absolute Gasteiger partial charge is 0.342 e. The van der Waals surface area contributed by atoms with Crippen molar-refractivity contribution < 1.29 is 19.2 Å². The van der Waals surface area contributed by atoms with E-state index in [4.69, 9.17) is 0 Å². The number of carbonyl (C=O) groups is 4. The summed E-state index contributed by atoms with van der Waals surface area (Å²) in [5, 5.41) is 0. The van der Waals surface area contributed by atoms with Gasteiger partial charge in [-0.25, -0.2) is 0 Å². The minimum Gasteiger partial charge on any atom is -0.342 e. The average Bonchev–Trinajstić information content (AvgIpc) is 3.38. The Morgan fingerprint density at radius 1 is 0.839 bits per heavy atom. The van der Waals surface area contributed by atoms with E-state index in [0.29, 0.717) is 56.7 Å². The van der Waals surface area contributed by atoms with Gasteiger partial charge in [-0.2, -0.15) is 0 Å². The quantitative estimate of drug-likeness (QED) is 0.637. The number of aryl methyl sites for hydroxylation is 1. The summed E-state index contributed by atoms with van der Waals surface area (Å²) in [7, 11) is 0. The van der Waals surface area contributed by atoms with E-state index in [1.165, 1.54) is 4.90 Å². The number of piperazine rings is 1. The van der Waals surface area contributed by atoms with Crippen molar-refractivity contribution in [2.45, 2.75) is 32.6 Å². The lowest BCUT2D eigenvalue weighted by atomic mass is 10.1. The Morgan fingerprint density at radius 3 is 2.19 bits per heavy atom. The van der Waals surface area contributed by atoms with E-state index in [0.717, 1.165) is 31.5 Å². The molecule has 2 fully saturated rings. The lowest BCUT2D eigenvalue weighted by Gasteiger charge is -2.35. The van der Waals surface area contributed by atoms with Gasteiger partial charge in [0.2, 0.25) is 11.8 Å². The third-order valence-electron chi connectivity index (χ3n) is 6.44. The van der Waals surface area contributed by atoms with Crippen molar-refractivity contribution in [1.82, 2.24) is 19.6 Å². The third kappa shape index (κ3) is 4.63. The number of hydrogen-bond acceptors (Lipinski definition) is 5. The predicted octanol–water partition coefficient (Wildman–Crippen LogP) is 1.14. The van der Waals surface area contributed by atoms with Crippen LogP contribution < -0.4 is 0 Å². The number of likely N-dealkylation sites (tertiary alicyclic amines) is 1. The normalized spacial score (nSPS) is 19.3. The van der Waals surface area contributed by atoms with Gasteiger partial charge in [0, 0.05) is 52.2 Å². The lowest BCUT2D eigenvalue weighted by Crippen LogP contribution is -2.51. The van der Waals surface area contributed by atoms with Crippen LogP contribution in [0.15, 0.2) is 18.2 Å². The molecule has 3 heterocycles. The maximum atomic E-state index is 12.6. The van der Waals surface area contributed by atoms with Crippen molar-refractivity contribution in [3.8, 4) is 0 Å². The van der Waals surface area contributed by atoms with Crippen LogP contribution in [0, 0.1) is 6.92 Å². The first kappa shape index (κ1) is 21.5. The summed E-state index contributed by atoms with van der Waals surface area (Å²) in [6.07, 6.45) is 2.94. The van der Waals surface area contributed by atoms with Gasteiger partial charge in [-0.3, -0.25) is 29.0 Å². The van der Waals surface area contributed by atoms with Crippen molar-refractivity contribution in [2.75, 3.05) is 52.4 Å². The predicted molar refractivity (Wildman–Crippen MR) is 115 cm³/mol. The molecule has 2 saturated heterocycles. The molecule has 31 heavy (non-hydrogen) atoms. The Hall–Kier alpha value is -2.74. The molecule has 3 aliphatic heterocycles. The van der Waals surface area contributed by atoms with Crippen LogP contribution in [0.4, 0.5) is 0 Å². The minimum absolute atomic E-state index is 0.0398. The summed E-state index contributed by atoms with van der Waals surface area (Å²) in [6, 6.07) is 5.27. The highest BCUT2D eigenvalue weighted by Crippen LogP contribution is 2.24. The molecule has 3 aliphatic rings. The minimum atomic E-state index is -0.274. The van der Waals surface area contributed by atoms with Crippen molar-refractivity contribution >= 4 is 23.6 Å². The van der Waals surface area contributed by atoms with Crippen LogP contribution >= 0.6 is 0 Å². The second-order valence-corrected chi connectivity index (χ2v) is 8.66. The fourth-order valence-electron chi connectivity index (χ4n) is 4.57. The molecule has 1 aromatic carbocycles. The zero-order valence-electron chi connectivity index (χ0n) is 18.1. The Labute approximate surface area is 182 Å². The zero-order chi connectivity index (χ0) is 22.0. The van der Waals surface area contributed by atoms with E-state index in [1.807, 2.05) is 22.8 Å². The number of benzene rings is 1. The first-order valence-corrected chi connectivity index (χ1v) is 11.2. The number of carbonyl (C=O) groups excluding carboxylic acids is 4. The molecule has 0 spiro atoms. The Morgan fingerprint density at radius 2 is 1.48 bits per heavy atom. The Bertz CT molecular complexity index is 886. The fourth-order valence-corrected chi connectivity index (χ4v) is 4.57. The van der Waals surface area contributed by atoms with E-state index in [2.05, 4.69) is 4.90 Å². The summed E-state index contributed by atoms with van der Waals surface area (Å²) in [6.45, 7) is 6.92. The summed E-state index contributed by atoms with van der Waals surface area (Å²) in [4.78, 5) is 57.0. The van der Waals surface area contributed by atoms with E-state index >= 15 is 0 Å². The summed E-state index contributed by atoms with van der Waals surface area (Å²) in [5.74, 6) is -0.317. The lowest BCUT2D eigenvalue weighted by molar-refractivity contribution is -0.134. The second kappa shape index (κ2) is 9.18. The third-order valence-corrected chi connectivity index (χ3v) is 6.44. The standard InChI is InChI=1S/C23H30N4O4/c1-17-6-7-18-19(15-17)23(31)27(22(18)30)10-4-5-20(28)26-13-11-24(12-14-26)16-21(29)25-8-2-3-9-25/h6-7,15H,2-5,8-14,16H2,1H3. The number of amides is 4. The number of imide groups is 1. The van der Waals surface area contributed by atoms with E-state index < -0.39 is 0 Å². The van der Waals surface area contributed by atoms with Gasteiger partial charge in [0.15, 0.2) is 0 Å². The molecule has 0 atom stereocenters. The number of rotatable bonds is 6. The maximum absolute atomic E-state index is 12.6. The van der Waals surface area contributed by atoms with E-state index in [1.54, 1.807) is 12.1 Å². The van der Waals surface area contributed by atoms with Crippen LogP contribution in [0.1, 0.15) is 52.0 Å². The van der Waals surface area contributed by atoms with Crippen LogP contribution in [0.3, 0.4) is 0 Å². The van der Waals surface area contributed by atoms with Crippen LogP contribution in [-0.2, 0) is 9.59 Å². The van der Waals surface area contributed by atoms with Crippen LogP contribution in [0.2, 0.25) is 0 Å². The molecule has 0 N–H and O–H groups in total. The number of nitrogens with zero attached hydrogens (tertiary/aromatic N) is 4. The van der Waals surface area contributed by atoms with Gasteiger partial charge in [-0.1, -0.05) is 11.6 Å². The highest BCUT2D eigenvalue weighted by molar-refractivity contribution is 6.21. The van der Waals surface area contributed by atoms with Gasteiger partial charge in [0.05, 0.1) is 17.7 Å². The zero-order valence-corrected chi connectivity index (χ0v) is 18.1. The van der Waals surface area contributed by atoms with Gasteiger partial charge in [-0.15, -0.1) is 0 Å². The van der Waals surface area contributed by atoms with Crippen molar-refractivity contribution in [1.29, 1.82) is 0 Å². The molecular weight excluding hydrogens is 396 g/mol. The second-order valence-electron chi connectivity index (χ2n) is 8.66. The van der Waals surface area contributed by atoms with Crippen LogP contribution in [0.25, 0.3) is 0 Å². The van der Waals surface area contributed by atoms with E-state index in [9.17, 15) is 19.2 Å². The number of fused-ring (bicyclic) bond motifs is 1. The van der Waals surface area contributed by atoms with Crippen LogP contribution in [0.5, 0.6) is 0 Å². The molecule has 0 aliphatic carbocycles. The highest BCUT2D eigenvalue weighted by Gasteiger charge is 2.35. The van der Waals surface area contributed by atoms with Gasteiger partial charge >= 0.3 is 0 Å². The molecule has 0 saturated carbocycles. The molecule has 8 heteroatoms. The van der Waals surface area contributed by atoms with Gasteiger partial charge in [0.25, 0.3) is 11.8 Å². The first-order valence-electron chi connectivity index (χ1n) is 11.2. The molecule has 0 aromatic heterocycles. The number of hydrogen-bond donors (Lipinski definition) is 0. The smallest absolute Gasteiger partial charge is 0.261 e. The molecule has 4 amide bonds. The molecule has 4 rings (SSSR count). The molecule has 0 bridgehead atoms. The first-order chi connectivity index (χ1) is 14.9. The van der Waals surface area contributed by atoms with Crippen LogP contribution in [-0.4, -0.2) is 95.6 Å². The van der Waals surface area contributed by atoms with Gasteiger partial charge in [0.1, 0.15) is 0 Å². The van der Waals surface area contributed by atoms with E-state index in [-0.39, 0.29) is 30.2 Å². The summed E-state index contributed by atoms with van der Waals surface area (Å²) < 4.78 is 0. The monoisotopic (exact) mass is 426 g/mol. The van der Waals surface area contributed by atoms with Crippen molar-refractivity contribution in [3.05, 3.63) is 34.9 Å². The molecule has 8 nitrogen and oxygen atoms in total. The van der Waals surface area contributed by atoms with Gasteiger partial charge < -0.3 is 9.80 Å². The topological polar surface area (TPSA) is 81.2 Å². The molecule has 0 unspecified atom stereocenters. The SMILES string of the molecule is Cc1ccc2c(c1)C(=O)N(CCCC(=O)N1CCN(CC(=O)N3CCCC3)CC1)C2=O. The molecule has 166 valence electrons. The van der Waals surface area contributed by atoms with Gasteiger partial charge in [-0.05, 0) is 38.3 Å². The summed E-state index contributed by atoms with van der Waals surface area (Å²) >= 11 is 0. The van der Waals surface area contributed by atoms with Crippen molar-refractivity contribution in [2.24, 2.45) is 0 Å². The molecule has 0 radical (unpaired) electrons. The summed E-state index contributed by atoms with van der Waals surface area (Å²) in [5.41, 5.74) is 1.84.